The molecule has 0 aliphatic carbocycles. The number of carboxylic acids is 1. The van der Waals surface area contributed by atoms with Crippen LogP contribution < -0.4 is 10.9 Å². The molecule has 0 aliphatic heterocycles. The third kappa shape index (κ3) is 6.46. The summed E-state index contributed by atoms with van der Waals surface area (Å²) < 4.78 is 17.2. The van der Waals surface area contributed by atoms with Crippen LogP contribution in [0.2, 0.25) is 0 Å². The fourth-order valence-corrected chi connectivity index (χ4v) is 5.02. The molecule has 2 aromatic carbocycles. The van der Waals surface area contributed by atoms with E-state index in [4.69, 9.17) is 6.42 Å². The number of terminal acetylenes is 1. The van der Waals surface area contributed by atoms with Crippen LogP contribution in [0.1, 0.15) is 72.2 Å². The van der Waals surface area contributed by atoms with Crippen molar-refractivity contribution in [2.45, 2.75) is 66.5 Å². The molecular weight excluding hydrogens is 495 g/mol. The standard InChI is InChI=1S/C32H35FN2O4/c1-8-23-22(7)31(33)25(16-24(23)30-20(5)10-9-11-21(30)6)26(17-29(37)38)34-32(39)27(14-18(2)3)35-13-12-19(4)15-28(35)36/h1,9-13,15-16,18,26-27H,14,17H2,2-7H3,(H,34,39)(H,37,38)/t26-,27+/m0/s1. The van der Waals surface area contributed by atoms with Gasteiger partial charge in [-0.15, -0.1) is 6.42 Å². The number of halogens is 1. The van der Waals surface area contributed by atoms with Crippen molar-refractivity contribution >= 4 is 11.9 Å². The van der Waals surface area contributed by atoms with Crippen LogP contribution in [-0.4, -0.2) is 21.6 Å². The Kier molecular flexibility index (Phi) is 9.13. The molecular formula is C32H35FN2O4. The predicted octanol–water partition coefficient (Wildman–Crippen LogP) is 5.79. The second-order valence-electron chi connectivity index (χ2n) is 10.5. The van der Waals surface area contributed by atoms with Crippen molar-refractivity contribution < 1.29 is 19.1 Å². The van der Waals surface area contributed by atoms with Gasteiger partial charge in [0.15, 0.2) is 0 Å². The summed E-state index contributed by atoms with van der Waals surface area (Å²) in [5.41, 5.74) is 4.30. The Labute approximate surface area is 228 Å². The summed E-state index contributed by atoms with van der Waals surface area (Å²) in [6.45, 7) is 11.0. The van der Waals surface area contributed by atoms with Gasteiger partial charge in [0, 0.05) is 29.0 Å². The lowest BCUT2D eigenvalue weighted by Gasteiger charge is -2.26. The number of aryl methyl sites for hydroxylation is 3. The summed E-state index contributed by atoms with van der Waals surface area (Å²) in [4.78, 5) is 38.3. The molecule has 0 aliphatic rings. The first kappa shape index (κ1) is 29.4. The van der Waals surface area contributed by atoms with Gasteiger partial charge in [-0.1, -0.05) is 38.0 Å². The van der Waals surface area contributed by atoms with Crippen LogP contribution in [0.4, 0.5) is 4.39 Å². The zero-order chi connectivity index (χ0) is 29.0. The Morgan fingerprint density at radius 1 is 1.10 bits per heavy atom. The number of carbonyl (C=O) groups is 2. The molecule has 3 rings (SSSR count). The van der Waals surface area contributed by atoms with Crippen molar-refractivity contribution in [3.05, 3.63) is 92.1 Å². The summed E-state index contributed by atoms with van der Waals surface area (Å²) >= 11 is 0. The number of carbonyl (C=O) groups excluding carboxylic acids is 1. The van der Waals surface area contributed by atoms with Gasteiger partial charge in [0.1, 0.15) is 11.9 Å². The van der Waals surface area contributed by atoms with Gasteiger partial charge < -0.3 is 15.0 Å². The number of rotatable bonds is 9. The number of nitrogens with zero attached hydrogens (tertiary/aromatic N) is 1. The average Bonchev–Trinajstić information content (AvgIpc) is 2.84. The van der Waals surface area contributed by atoms with Crippen molar-refractivity contribution in [2.75, 3.05) is 0 Å². The van der Waals surface area contributed by atoms with Gasteiger partial charge in [0.25, 0.3) is 5.56 Å². The maximum atomic E-state index is 15.8. The van der Waals surface area contributed by atoms with Crippen molar-refractivity contribution in [3.8, 4) is 23.5 Å². The highest BCUT2D eigenvalue weighted by molar-refractivity contribution is 5.83. The van der Waals surface area contributed by atoms with E-state index >= 15 is 4.39 Å². The number of nitrogens with one attached hydrogen (secondary N) is 1. The molecule has 2 atom stereocenters. The van der Waals surface area contributed by atoms with Gasteiger partial charge in [0.2, 0.25) is 5.91 Å². The van der Waals surface area contributed by atoms with E-state index in [1.165, 1.54) is 10.6 Å². The molecule has 1 aromatic heterocycles. The maximum Gasteiger partial charge on any atom is 0.305 e. The molecule has 0 saturated carbocycles. The van der Waals surface area contributed by atoms with E-state index in [0.29, 0.717) is 17.5 Å². The minimum absolute atomic E-state index is 0.0273. The minimum Gasteiger partial charge on any atom is -0.481 e. The number of aromatic nitrogens is 1. The van der Waals surface area contributed by atoms with Crippen molar-refractivity contribution in [2.24, 2.45) is 5.92 Å². The summed E-state index contributed by atoms with van der Waals surface area (Å²) in [5.74, 6) is 0.208. The predicted molar refractivity (Wildman–Crippen MR) is 151 cm³/mol. The second-order valence-corrected chi connectivity index (χ2v) is 10.5. The molecule has 0 bridgehead atoms. The fraction of sp³-hybridized carbons (Fsp3) is 0.344. The molecule has 0 saturated heterocycles. The van der Waals surface area contributed by atoms with Crippen molar-refractivity contribution in [1.82, 2.24) is 9.88 Å². The maximum absolute atomic E-state index is 15.8. The highest BCUT2D eigenvalue weighted by atomic mass is 19.1. The summed E-state index contributed by atoms with van der Waals surface area (Å²) in [7, 11) is 0. The smallest absolute Gasteiger partial charge is 0.305 e. The molecule has 6 nitrogen and oxygen atoms in total. The van der Waals surface area contributed by atoms with Crippen molar-refractivity contribution in [3.63, 3.8) is 0 Å². The van der Waals surface area contributed by atoms with Crippen molar-refractivity contribution in [1.29, 1.82) is 0 Å². The van der Waals surface area contributed by atoms with Gasteiger partial charge >= 0.3 is 5.97 Å². The molecule has 3 aromatic rings. The molecule has 1 amide bonds. The van der Waals surface area contributed by atoms with Gasteiger partial charge in [0.05, 0.1) is 12.5 Å². The summed E-state index contributed by atoms with van der Waals surface area (Å²) in [6.07, 6.45) is 7.14. The first-order valence-corrected chi connectivity index (χ1v) is 12.9. The van der Waals surface area contributed by atoms with E-state index in [0.717, 1.165) is 22.3 Å². The molecule has 7 heteroatoms. The van der Waals surface area contributed by atoms with Gasteiger partial charge in [-0.2, -0.15) is 0 Å². The monoisotopic (exact) mass is 530 g/mol. The minimum atomic E-state index is -1.21. The van der Waals surface area contributed by atoms with Gasteiger partial charge in [-0.25, -0.2) is 4.39 Å². The van der Waals surface area contributed by atoms with E-state index in [9.17, 15) is 19.5 Å². The number of aliphatic carboxylic acids is 1. The summed E-state index contributed by atoms with van der Waals surface area (Å²) in [5, 5.41) is 12.5. The molecule has 0 radical (unpaired) electrons. The lowest BCUT2D eigenvalue weighted by atomic mass is 9.86. The molecule has 2 N–H and O–H groups in total. The Hall–Kier alpha value is -4.18. The topological polar surface area (TPSA) is 88.4 Å². The normalized spacial score (nSPS) is 12.6. The Balaban J connectivity index is 2.17. The van der Waals surface area contributed by atoms with Crippen LogP contribution in [0, 0.1) is 51.8 Å². The third-order valence-electron chi connectivity index (χ3n) is 6.93. The van der Waals surface area contributed by atoms with E-state index in [1.807, 2.05) is 45.9 Å². The zero-order valence-electron chi connectivity index (χ0n) is 23.3. The Morgan fingerprint density at radius 3 is 2.28 bits per heavy atom. The van der Waals surface area contributed by atoms with Crippen LogP contribution in [-0.2, 0) is 9.59 Å². The highest BCUT2D eigenvalue weighted by Crippen LogP contribution is 2.36. The van der Waals surface area contributed by atoms with Gasteiger partial charge in [-0.3, -0.25) is 14.4 Å². The number of hydrogen-bond acceptors (Lipinski definition) is 3. The largest absolute Gasteiger partial charge is 0.481 e. The van der Waals surface area contributed by atoms with E-state index in [-0.39, 0.29) is 22.6 Å². The number of amides is 1. The van der Waals surface area contributed by atoms with Crippen LogP contribution in [0.15, 0.2) is 47.4 Å². The number of pyridine rings is 1. The number of hydrogen-bond donors (Lipinski definition) is 2. The quantitative estimate of drug-likeness (QED) is 0.343. The molecule has 0 fully saturated rings. The summed E-state index contributed by atoms with van der Waals surface area (Å²) in [6, 6.07) is 8.39. The van der Waals surface area contributed by atoms with Gasteiger partial charge in [-0.05, 0) is 80.0 Å². The van der Waals surface area contributed by atoms with Crippen LogP contribution >= 0.6 is 0 Å². The first-order valence-electron chi connectivity index (χ1n) is 12.9. The number of carboxylic acid groups (broad SMARTS) is 1. The third-order valence-corrected chi connectivity index (χ3v) is 6.93. The van der Waals surface area contributed by atoms with Crippen LogP contribution in [0.3, 0.4) is 0 Å². The Bertz CT molecular complexity index is 1490. The lowest BCUT2D eigenvalue weighted by molar-refractivity contribution is -0.138. The molecule has 0 unspecified atom stereocenters. The first-order chi connectivity index (χ1) is 18.3. The number of benzene rings is 2. The lowest BCUT2D eigenvalue weighted by Crippen LogP contribution is -2.40. The molecule has 1 heterocycles. The van der Waals surface area contributed by atoms with E-state index in [1.54, 1.807) is 32.2 Å². The molecule has 39 heavy (non-hydrogen) atoms. The Morgan fingerprint density at radius 2 is 1.74 bits per heavy atom. The SMILES string of the molecule is C#Cc1c(-c2c(C)cccc2C)cc([C@H](CC(=O)O)NC(=O)[C@@H](CC(C)C)n2ccc(C)cc2=O)c(F)c1C. The average molecular weight is 531 g/mol. The molecule has 0 spiro atoms. The van der Waals surface area contributed by atoms with E-state index in [2.05, 4.69) is 11.2 Å². The molecule has 204 valence electrons. The van der Waals surface area contributed by atoms with Crippen LogP contribution in [0.5, 0.6) is 0 Å². The van der Waals surface area contributed by atoms with Crippen LogP contribution in [0.25, 0.3) is 11.1 Å². The zero-order valence-corrected chi connectivity index (χ0v) is 23.3. The fourth-order valence-electron chi connectivity index (χ4n) is 5.02. The highest BCUT2D eigenvalue weighted by Gasteiger charge is 2.30. The second kappa shape index (κ2) is 12.1. The van der Waals surface area contributed by atoms with E-state index < -0.39 is 36.2 Å².